The van der Waals surface area contributed by atoms with E-state index in [2.05, 4.69) is 18.0 Å². The summed E-state index contributed by atoms with van der Waals surface area (Å²) in [6.45, 7) is 6.10. The normalized spacial score (nSPS) is 9.12. The van der Waals surface area contributed by atoms with E-state index in [1.54, 1.807) is 6.20 Å². The van der Waals surface area contributed by atoms with Gasteiger partial charge in [-0.2, -0.15) is 5.26 Å². The molecule has 2 nitrogen and oxygen atoms in total. The first-order valence-electron chi connectivity index (χ1n) is 5.63. The molecule has 0 aliphatic heterocycles. The highest BCUT2D eigenvalue weighted by molar-refractivity contribution is 5.86. The number of rotatable bonds is 1. The van der Waals surface area contributed by atoms with Gasteiger partial charge in [0.15, 0.2) is 0 Å². The van der Waals surface area contributed by atoms with Crippen LogP contribution in [-0.4, -0.2) is 4.98 Å². The molecule has 2 heteroatoms. The molecule has 0 atom stereocenters. The van der Waals surface area contributed by atoms with Crippen molar-refractivity contribution in [3.8, 4) is 6.07 Å². The summed E-state index contributed by atoms with van der Waals surface area (Å²) < 4.78 is 0. The maximum Gasteiger partial charge on any atom is 0.101 e. The van der Waals surface area contributed by atoms with Gasteiger partial charge < -0.3 is 0 Å². The number of hydrogen-bond donors (Lipinski definition) is 0. The van der Waals surface area contributed by atoms with Gasteiger partial charge in [-0.05, 0) is 24.1 Å². The molecule has 16 heavy (non-hydrogen) atoms. The van der Waals surface area contributed by atoms with Crippen molar-refractivity contribution in [3.05, 3.63) is 41.6 Å². The first kappa shape index (κ1) is 12.2. The van der Waals surface area contributed by atoms with Crippen LogP contribution in [0.3, 0.4) is 0 Å². The highest BCUT2D eigenvalue weighted by atomic mass is 14.6. The van der Waals surface area contributed by atoms with E-state index in [9.17, 15) is 0 Å². The van der Waals surface area contributed by atoms with Crippen LogP contribution in [0.5, 0.6) is 0 Å². The minimum atomic E-state index is 0.651. The molecule has 0 aliphatic rings. The minimum Gasteiger partial charge on any atom is -0.255 e. The van der Waals surface area contributed by atoms with Crippen molar-refractivity contribution < 1.29 is 0 Å². The van der Waals surface area contributed by atoms with Gasteiger partial charge in [0.25, 0.3) is 0 Å². The van der Waals surface area contributed by atoms with Crippen LogP contribution < -0.4 is 0 Å². The van der Waals surface area contributed by atoms with Gasteiger partial charge in [-0.25, -0.2) is 0 Å². The van der Waals surface area contributed by atoms with Gasteiger partial charge in [-0.3, -0.25) is 4.98 Å². The number of benzene rings is 1. The molecule has 0 fully saturated rings. The Morgan fingerprint density at radius 2 is 2.00 bits per heavy atom. The number of nitrogens with zero attached hydrogens (tertiary/aromatic N) is 2. The summed E-state index contributed by atoms with van der Waals surface area (Å²) in [5, 5.41) is 10.0. The Labute approximate surface area is 96.6 Å². The van der Waals surface area contributed by atoms with Crippen LogP contribution >= 0.6 is 0 Å². The highest BCUT2D eigenvalue weighted by Crippen LogP contribution is 2.20. The van der Waals surface area contributed by atoms with Gasteiger partial charge in [0.2, 0.25) is 0 Å². The van der Waals surface area contributed by atoms with Crippen LogP contribution in [0.25, 0.3) is 10.9 Å². The molecule has 0 bridgehead atoms. The molecule has 0 radical (unpaired) electrons. The molecule has 1 aromatic heterocycles. The maximum atomic E-state index is 8.91. The third kappa shape index (κ3) is 2.20. The van der Waals surface area contributed by atoms with Crippen molar-refractivity contribution in [2.75, 3.05) is 0 Å². The predicted molar refractivity (Wildman–Crippen MR) is 67.2 cm³/mol. The van der Waals surface area contributed by atoms with Crippen molar-refractivity contribution >= 4 is 10.9 Å². The summed E-state index contributed by atoms with van der Waals surface area (Å²) in [5.74, 6) is 0. The molecule has 82 valence electrons. The monoisotopic (exact) mass is 212 g/mol. The molecule has 2 rings (SSSR count). The van der Waals surface area contributed by atoms with Crippen LogP contribution in [0.2, 0.25) is 0 Å². The molecule has 0 aliphatic carbocycles. The molecule has 0 saturated carbocycles. The quantitative estimate of drug-likeness (QED) is 0.722. The van der Waals surface area contributed by atoms with E-state index in [0.717, 1.165) is 17.3 Å². The lowest BCUT2D eigenvalue weighted by molar-refractivity contribution is 1.15. The fourth-order valence-corrected chi connectivity index (χ4v) is 1.63. The van der Waals surface area contributed by atoms with E-state index in [1.165, 1.54) is 5.56 Å². The van der Waals surface area contributed by atoms with E-state index in [4.69, 9.17) is 5.26 Å². The van der Waals surface area contributed by atoms with E-state index < -0.39 is 0 Å². The Bertz CT molecular complexity index is 510. The minimum absolute atomic E-state index is 0.651. The zero-order valence-corrected chi connectivity index (χ0v) is 9.99. The zero-order chi connectivity index (χ0) is 12.0. The third-order valence-corrected chi connectivity index (χ3v) is 2.36. The number of aryl methyl sites for hydroxylation is 1. The second-order valence-corrected chi connectivity index (χ2v) is 3.14. The molecule has 2 aromatic rings. The van der Waals surface area contributed by atoms with Crippen LogP contribution in [0.1, 0.15) is 31.9 Å². The molecule has 0 spiro atoms. The van der Waals surface area contributed by atoms with Crippen molar-refractivity contribution in [2.45, 2.75) is 27.2 Å². The molecule has 0 amide bonds. The fraction of sp³-hybridized carbons (Fsp3) is 0.286. The number of fused-ring (bicyclic) bond motifs is 1. The highest BCUT2D eigenvalue weighted by Gasteiger charge is 2.04. The average molecular weight is 212 g/mol. The Morgan fingerprint density at radius 3 is 2.62 bits per heavy atom. The topological polar surface area (TPSA) is 36.7 Å². The third-order valence-electron chi connectivity index (χ3n) is 2.36. The Hall–Kier alpha value is -1.88. The molecule has 1 aromatic carbocycles. The number of pyridine rings is 1. The van der Waals surface area contributed by atoms with E-state index >= 15 is 0 Å². The van der Waals surface area contributed by atoms with Crippen LogP contribution in [0, 0.1) is 11.3 Å². The Morgan fingerprint density at radius 1 is 1.25 bits per heavy atom. The van der Waals surface area contributed by atoms with Crippen molar-refractivity contribution in [1.29, 1.82) is 5.26 Å². The van der Waals surface area contributed by atoms with E-state index in [0.29, 0.717) is 5.56 Å². The van der Waals surface area contributed by atoms with E-state index in [-0.39, 0.29) is 0 Å². The lowest BCUT2D eigenvalue weighted by atomic mass is 10.0. The number of hydrogen-bond acceptors (Lipinski definition) is 2. The van der Waals surface area contributed by atoms with Crippen molar-refractivity contribution in [1.82, 2.24) is 4.98 Å². The smallest absolute Gasteiger partial charge is 0.101 e. The Kier molecular flexibility index (Phi) is 4.47. The van der Waals surface area contributed by atoms with Gasteiger partial charge in [-0.15, -0.1) is 0 Å². The molecular weight excluding hydrogens is 196 g/mol. The second kappa shape index (κ2) is 5.87. The lowest BCUT2D eigenvalue weighted by Crippen LogP contribution is -1.89. The van der Waals surface area contributed by atoms with Crippen LogP contribution in [0.15, 0.2) is 30.5 Å². The average Bonchev–Trinajstić information content (AvgIpc) is 2.39. The summed E-state index contributed by atoms with van der Waals surface area (Å²) in [5.41, 5.74) is 2.71. The molecule has 0 saturated heterocycles. The summed E-state index contributed by atoms with van der Waals surface area (Å²) in [4.78, 5) is 4.24. The van der Waals surface area contributed by atoms with Crippen LogP contribution in [0.4, 0.5) is 0 Å². The summed E-state index contributed by atoms with van der Waals surface area (Å²) >= 11 is 0. The number of aromatic nitrogens is 1. The molecule has 0 N–H and O–H groups in total. The summed E-state index contributed by atoms with van der Waals surface area (Å²) in [6, 6.07) is 9.92. The summed E-state index contributed by atoms with van der Waals surface area (Å²) in [7, 11) is 0. The predicted octanol–water partition coefficient (Wildman–Crippen LogP) is 3.70. The van der Waals surface area contributed by atoms with Crippen molar-refractivity contribution in [2.24, 2.45) is 0 Å². The molecular formula is C14H16N2. The standard InChI is InChI=1S/C12H10N2.C2H6/c1-2-9-5-6-10(8-13)12-11(9)4-3-7-14-12;1-2/h3-7H,2H2,1H3;1-2H3. The lowest BCUT2D eigenvalue weighted by Gasteiger charge is -2.03. The number of nitriles is 1. The Balaban J connectivity index is 0.000000606. The van der Waals surface area contributed by atoms with Gasteiger partial charge >= 0.3 is 0 Å². The first-order valence-corrected chi connectivity index (χ1v) is 5.63. The molecule has 0 unspecified atom stereocenters. The van der Waals surface area contributed by atoms with Gasteiger partial charge in [0, 0.05) is 11.6 Å². The fourth-order valence-electron chi connectivity index (χ4n) is 1.63. The van der Waals surface area contributed by atoms with Crippen molar-refractivity contribution in [3.63, 3.8) is 0 Å². The summed E-state index contributed by atoms with van der Waals surface area (Å²) in [6.07, 6.45) is 2.69. The van der Waals surface area contributed by atoms with Gasteiger partial charge in [0.05, 0.1) is 11.1 Å². The van der Waals surface area contributed by atoms with Gasteiger partial charge in [0.1, 0.15) is 6.07 Å². The zero-order valence-electron chi connectivity index (χ0n) is 9.99. The first-order chi connectivity index (χ1) is 7.86. The molecule has 1 heterocycles. The van der Waals surface area contributed by atoms with E-state index in [1.807, 2.05) is 38.1 Å². The SMILES string of the molecule is CC.CCc1ccc(C#N)c2ncccc12. The van der Waals surface area contributed by atoms with Gasteiger partial charge in [-0.1, -0.05) is 32.9 Å². The van der Waals surface area contributed by atoms with Crippen LogP contribution in [-0.2, 0) is 6.42 Å². The maximum absolute atomic E-state index is 8.91. The second-order valence-electron chi connectivity index (χ2n) is 3.14. The largest absolute Gasteiger partial charge is 0.255 e.